The number of carbonyl (C=O) groups excluding carboxylic acids is 1. The first-order valence-electron chi connectivity index (χ1n) is 4.36. The van der Waals surface area contributed by atoms with Gasteiger partial charge in [0.2, 0.25) is 11.6 Å². The number of rotatable bonds is 2. The average Bonchev–Trinajstić information content (AvgIpc) is 2.45. The fourth-order valence-electron chi connectivity index (χ4n) is 0.458. The van der Waals surface area contributed by atoms with Crippen molar-refractivity contribution in [3.63, 3.8) is 0 Å². The molecule has 0 aliphatic carbocycles. The Morgan fingerprint density at radius 2 is 1.56 bits per heavy atom. The lowest BCUT2D eigenvalue weighted by atomic mass is 10.4. The van der Waals surface area contributed by atoms with E-state index in [0.29, 0.717) is 0 Å². The minimum Gasteiger partial charge on any atom is -0.333 e. The first-order chi connectivity index (χ1) is 7.84. The zero-order valence-electron chi connectivity index (χ0n) is 10.9. The Balaban J connectivity index is -0.000000106. The van der Waals surface area contributed by atoms with E-state index in [1.54, 1.807) is 0 Å². The van der Waals surface area contributed by atoms with Crippen LogP contribution in [0.25, 0.3) is 0 Å². The molecule has 0 saturated carbocycles. The van der Waals surface area contributed by atoms with Crippen LogP contribution in [0.2, 0.25) is 0 Å². The largest absolute Gasteiger partial charge is 1.00 e. The van der Waals surface area contributed by atoms with Crippen LogP contribution in [0.5, 0.6) is 0 Å². The molecule has 7 nitrogen and oxygen atoms in total. The molecular weight excluding hydrogens is 208 g/mol. The Morgan fingerprint density at radius 3 is 1.88 bits per heavy atom. The molecule has 0 atom stereocenters. The van der Waals surface area contributed by atoms with E-state index < -0.39 is 0 Å². The summed E-state index contributed by atoms with van der Waals surface area (Å²) in [7, 11) is 4.50. The molecule has 0 fully saturated rings. The van der Waals surface area contributed by atoms with Crippen LogP contribution in [0.3, 0.4) is 0 Å². The van der Waals surface area contributed by atoms with Gasteiger partial charge in [0.25, 0.3) is 0 Å². The van der Waals surface area contributed by atoms with E-state index in [9.17, 15) is 4.79 Å². The Morgan fingerprint density at radius 1 is 1.19 bits per heavy atom. The van der Waals surface area contributed by atoms with E-state index in [-0.39, 0.29) is 13.0 Å². The molecule has 6 N–H and O–H groups in total. The molecule has 0 aliphatic rings. The molecule has 7 heteroatoms. The number of hydrogen-bond acceptors (Lipinski definition) is 7. The molecule has 0 aromatic carbocycles. The Labute approximate surface area is 97.3 Å². The summed E-state index contributed by atoms with van der Waals surface area (Å²) in [6.45, 7) is 3.29. The number of nitrogens with zero attached hydrogens (tertiary/aromatic N) is 3. The van der Waals surface area contributed by atoms with Gasteiger partial charge in [0.1, 0.15) is 12.7 Å². The number of allylic oxidation sites excluding steroid dienone is 1. The van der Waals surface area contributed by atoms with Crippen molar-refractivity contribution in [2.75, 3.05) is 21.1 Å². The number of nitrogens with two attached hydrogens (primary N) is 3. The fraction of sp³-hybridized carbons (Fsp3) is 0.333. The average molecular weight is 229 g/mol. The minimum atomic E-state index is -0.289. The van der Waals surface area contributed by atoms with Crippen molar-refractivity contribution < 1.29 is 6.22 Å². The zero-order chi connectivity index (χ0) is 13.4. The molecular formula is C9H21N6O+. The van der Waals surface area contributed by atoms with Gasteiger partial charge in [-0.2, -0.15) is 0 Å². The van der Waals surface area contributed by atoms with Gasteiger partial charge < -0.3 is 17.2 Å². The van der Waals surface area contributed by atoms with Crippen molar-refractivity contribution in [3.05, 3.63) is 31.1 Å². The summed E-state index contributed by atoms with van der Waals surface area (Å²) >= 11 is 0. The van der Waals surface area contributed by atoms with Gasteiger partial charge in [-0.1, -0.05) is 6.58 Å². The molecule has 0 amide bonds. The molecule has 0 unspecified atom stereocenters. The van der Waals surface area contributed by atoms with Gasteiger partial charge in [0, 0.05) is 0 Å². The quantitative estimate of drug-likeness (QED) is 0.441. The smallest absolute Gasteiger partial charge is 0.333 e. The lowest BCUT2D eigenvalue weighted by Gasteiger charge is -1.88. The number of ketones is 1. The molecule has 0 bridgehead atoms. The third kappa shape index (κ3) is 10.4. The maximum absolute atomic E-state index is 10.7. The van der Waals surface area contributed by atoms with Crippen molar-refractivity contribution in [3.8, 4) is 0 Å². The number of hydrogen-bond donors (Lipinski definition) is 3. The number of carbonyl (C=O) groups is 1. The summed E-state index contributed by atoms with van der Waals surface area (Å²) in [5.74, 6) is -0.160. The molecule has 0 spiro atoms. The molecule has 1 aromatic heterocycles. The summed E-state index contributed by atoms with van der Waals surface area (Å²) in [6, 6.07) is 0. The fourth-order valence-corrected chi connectivity index (χ4v) is 0.458. The highest BCUT2D eigenvalue weighted by molar-refractivity contribution is 6.00. The van der Waals surface area contributed by atoms with Gasteiger partial charge in [0.15, 0.2) is 0 Å². The molecule has 0 aliphatic heterocycles. The summed E-state index contributed by atoms with van der Waals surface area (Å²) < 4.78 is 0. The monoisotopic (exact) mass is 229 g/mol. The molecule has 92 valence electrons. The Kier molecular flexibility index (Phi) is 23.5. The maximum Gasteiger partial charge on any atom is 1.00 e. The second-order valence-corrected chi connectivity index (χ2v) is 1.53. The molecule has 1 rings (SSSR count). The molecule has 0 radical (unpaired) electrons. The predicted octanol–water partition coefficient (Wildman–Crippen LogP) is -0.922. The van der Waals surface area contributed by atoms with Crippen molar-refractivity contribution in [2.24, 2.45) is 17.2 Å². The van der Waals surface area contributed by atoms with Crippen LogP contribution in [-0.2, 0) is 0 Å². The number of aromatic nitrogens is 3. The first kappa shape index (κ1) is 19.8. The van der Waals surface area contributed by atoms with Crippen molar-refractivity contribution in [2.45, 2.75) is 0 Å². The SMILES string of the molecule is C=CC(=O)c1ncncn1.CN.CN.CN.[H+]. The molecule has 0 saturated heterocycles. The van der Waals surface area contributed by atoms with E-state index >= 15 is 0 Å². The molecule has 1 heterocycles. The summed E-state index contributed by atoms with van der Waals surface area (Å²) in [4.78, 5) is 21.5. The van der Waals surface area contributed by atoms with Gasteiger partial charge in [-0.3, -0.25) is 4.79 Å². The van der Waals surface area contributed by atoms with E-state index in [1.165, 1.54) is 33.8 Å². The summed E-state index contributed by atoms with van der Waals surface area (Å²) in [5, 5.41) is 0. The maximum atomic E-state index is 10.7. The second kappa shape index (κ2) is 19.0. The van der Waals surface area contributed by atoms with Crippen molar-refractivity contribution in [1.82, 2.24) is 15.0 Å². The van der Waals surface area contributed by atoms with E-state index in [2.05, 4.69) is 38.7 Å². The standard InChI is InChI=1S/C6H5N3O.3CH5N/c1-2-5(10)6-8-3-7-4-9-6;3*1-2/h2-4H,1H2;3*2H2,1H3/p+1. The van der Waals surface area contributed by atoms with Crippen LogP contribution < -0.4 is 17.2 Å². The second-order valence-electron chi connectivity index (χ2n) is 1.53. The highest BCUT2D eigenvalue weighted by atomic mass is 16.1. The van der Waals surface area contributed by atoms with Gasteiger partial charge in [-0.25, -0.2) is 15.0 Å². The van der Waals surface area contributed by atoms with Gasteiger partial charge in [-0.05, 0) is 27.2 Å². The van der Waals surface area contributed by atoms with Crippen LogP contribution in [0.15, 0.2) is 25.3 Å². The van der Waals surface area contributed by atoms with Crippen molar-refractivity contribution >= 4 is 5.78 Å². The summed E-state index contributed by atoms with van der Waals surface area (Å²) in [5.41, 5.74) is 13.5. The van der Waals surface area contributed by atoms with Crippen molar-refractivity contribution in [1.29, 1.82) is 0 Å². The van der Waals surface area contributed by atoms with Crippen LogP contribution in [0.4, 0.5) is 0 Å². The van der Waals surface area contributed by atoms with E-state index in [1.807, 2.05) is 0 Å². The van der Waals surface area contributed by atoms with E-state index in [4.69, 9.17) is 0 Å². The van der Waals surface area contributed by atoms with Gasteiger partial charge in [0.05, 0.1) is 0 Å². The van der Waals surface area contributed by atoms with Crippen LogP contribution in [0, 0.1) is 0 Å². The highest BCUT2D eigenvalue weighted by Gasteiger charge is 2.00. The lowest BCUT2D eigenvalue weighted by Crippen LogP contribution is -2.00. The van der Waals surface area contributed by atoms with Crippen LogP contribution >= 0.6 is 0 Å². The Bertz CT molecular complexity index is 257. The predicted molar refractivity (Wildman–Crippen MR) is 65.8 cm³/mol. The lowest BCUT2D eigenvalue weighted by molar-refractivity contribution is 0.103. The van der Waals surface area contributed by atoms with Crippen LogP contribution in [0.1, 0.15) is 12.0 Å². The summed E-state index contributed by atoms with van der Waals surface area (Å²) in [6.07, 6.45) is 3.70. The first-order valence-corrected chi connectivity index (χ1v) is 4.36. The normalized spacial score (nSPS) is 6.62. The minimum absolute atomic E-state index is 0. The van der Waals surface area contributed by atoms with Gasteiger partial charge in [-0.15, -0.1) is 0 Å². The zero-order valence-corrected chi connectivity index (χ0v) is 9.92. The molecule has 16 heavy (non-hydrogen) atoms. The van der Waals surface area contributed by atoms with Crippen LogP contribution in [-0.4, -0.2) is 41.9 Å². The Hall–Kier alpha value is -1.70. The van der Waals surface area contributed by atoms with Gasteiger partial charge >= 0.3 is 1.43 Å². The molecule has 1 aromatic rings. The van der Waals surface area contributed by atoms with E-state index in [0.717, 1.165) is 6.08 Å². The third-order valence-corrected chi connectivity index (χ3v) is 0.899. The highest BCUT2D eigenvalue weighted by Crippen LogP contribution is 1.86. The third-order valence-electron chi connectivity index (χ3n) is 0.899. The topological polar surface area (TPSA) is 134 Å².